The van der Waals surface area contributed by atoms with Gasteiger partial charge in [0.2, 0.25) is 5.90 Å². The molecule has 8 heteroatoms. The van der Waals surface area contributed by atoms with Crippen molar-refractivity contribution in [1.82, 2.24) is 0 Å². The van der Waals surface area contributed by atoms with E-state index in [2.05, 4.69) is 43.5 Å². The molecule has 5 nitrogen and oxygen atoms in total. The molecule has 0 aromatic heterocycles. The highest BCUT2D eigenvalue weighted by molar-refractivity contribution is 14.1. The Hall–Kier alpha value is -2.36. The predicted octanol–water partition coefficient (Wildman–Crippen LogP) is 7.03. The van der Waals surface area contributed by atoms with Gasteiger partial charge in [-0.3, -0.25) is 0 Å². The molecule has 3 aromatic rings. The van der Waals surface area contributed by atoms with E-state index in [0.29, 0.717) is 29.7 Å². The van der Waals surface area contributed by atoms with Crippen LogP contribution >= 0.6 is 50.1 Å². The summed E-state index contributed by atoms with van der Waals surface area (Å²) < 4.78 is 19.0. The van der Waals surface area contributed by atoms with Crippen LogP contribution in [0, 0.1) is 3.57 Å². The van der Waals surface area contributed by atoms with E-state index in [4.69, 9.17) is 25.8 Å². The predicted molar refractivity (Wildman–Crippen MR) is 141 cm³/mol. The highest BCUT2D eigenvalue weighted by Crippen LogP contribution is 2.36. The number of carbonyl (C=O) groups is 1. The molecular formula is C25H18BrClINO4. The first-order chi connectivity index (χ1) is 15.9. The number of ether oxygens (including phenoxy) is 3. The Labute approximate surface area is 218 Å². The number of nitrogens with zero attached hydrogens (tertiary/aromatic N) is 1. The van der Waals surface area contributed by atoms with E-state index in [-0.39, 0.29) is 11.6 Å². The number of esters is 1. The lowest BCUT2D eigenvalue weighted by Gasteiger charge is -2.15. The van der Waals surface area contributed by atoms with Gasteiger partial charge in [-0.05, 0) is 95.2 Å². The van der Waals surface area contributed by atoms with Crippen LogP contribution in [-0.2, 0) is 16.1 Å². The topological polar surface area (TPSA) is 57.1 Å². The fraction of sp³-hybridized carbons (Fsp3) is 0.120. The molecule has 33 heavy (non-hydrogen) atoms. The summed E-state index contributed by atoms with van der Waals surface area (Å²) in [4.78, 5) is 16.8. The summed E-state index contributed by atoms with van der Waals surface area (Å²) in [6, 6.07) is 18.6. The fourth-order valence-electron chi connectivity index (χ4n) is 3.09. The third kappa shape index (κ3) is 5.96. The number of hydrogen-bond acceptors (Lipinski definition) is 5. The second kappa shape index (κ2) is 10.7. The molecule has 0 radical (unpaired) electrons. The van der Waals surface area contributed by atoms with E-state index < -0.39 is 5.97 Å². The SMILES string of the molecule is CCOc1cc(/C=C2\N=C(c3ccc(Br)cc3)OC2=O)cc(I)c1OCc1ccc(Cl)cc1. The van der Waals surface area contributed by atoms with Gasteiger partial charge in [-0.15, -0.1) is 0 Å². The van der Waals surface area contributed by atoms with Crippen molar-refractivity contribution in [2.45, 2.75) is 13.5 Å². The van der Waals surface area contributed by atoms with Crippen LogP contribution in [0.5, 0.6) is 11.5 Å². The van der Waals surface area contributed by atoms with Crippen LogP contribution in [0.4, 0.5) is 0 Å². The molecule has 0 amide bonds. The smallest absolute Gasteiger partial charge is 0.363 e. The molecular weight excluding hydrogens is 621 g/mol. The van der Waals surface area contributed by atoms with Crippen molar-refractivity contribution in [3.8, 4) is 11.5 Å². The number of cyclic esters (lactones) is 1. The van der Waals surface area contributed by atoms with Crippen LogP contribution in [-0.4, -0.2) is 18.5 Å². The average Bonchev–Trinajstić information content (AvgIpc) is 3.15. The van der Waals surface area contributed by atoms with Crippen LogP contribution in [0.1, 0.15) is 23.6 Å². The molecule has 0 N–H and O–H groups in total. The largest absolute Gasteiger partial charge is 0.490 e. The zero-order valence-electron chi connectivity index (χ0n) is 17.5. The Morgan fingerprint density at radius 1 is 1.09 bits per heavy atom. The summed E-state index contributed by atoms with van der Waals surface area (Å²) in [5.74, 6) is 1.02. The molecule has 0 spiro atoms. The Kier molecular flexibility index (Phi) is 7.72. The second-order valence-corrected chi connectivity index (χ2v) is 9.54. The molecule has 0 saturated carbocycles. The van der Waals surface area contributed by atoms with Gasteiger partial charge in [-0.2, -0.15) is 0 Å². The van der Waals surface area contributed by atoms with Gasteiger partial charge in [0.05, 0.1) is 10.2 Å². The van der Waals surface area contributed by atoms with E-state index in [1.807, 2.05) is 67.6 Å². The van der Waals surface area contributed by atoms with Gasteiger partial charge in [0.15, 0.2) is 17.2 Å². The number of halogens is 3. The number of rotatable bonds is 7. The van der Waals surface area contributed by atoms with E-state index in [1.54, 1.807) is 6.08 Å². The summed E-state index contributed by atoms with van der Waals surface area (Å²) in [5, 5.41) is 0.678. The minimum Gasteiger partial charge on any atom is -0.490 e. The van der Waals surface area contributed by atoms with Gasteiger partial charge in [0, 0.05) is 15.1 Å². The summed E-state index contributed by atoms with van der Waals surface area (Å²) in [6.45, 7) is 2.76. The summed E-state index contributed by atoms with van der Waals surface area (Å²) in [7, 11) is 0. The third-order valence-corrected chi connectivity index (χ3v) is 6.23. The van der Waals surface area contributed by atoms with E-state index in [9.17, 15) is 4.79 Å². The first kappa shape index (κ1) is 23.8. The van der Waals surface area contributed by atoms with E-state index in [1.165, 1.54) is 0 Å². The van der Waals surface area contributed by atoms with Gasteiger partial charge in [-0.1, -0.05) is 39.7 Å². The van der Waals surface area contributed by atoms with Crippen molar-refractivity contribution in [1.29, 1.82) is 0 Å². The first-order valence-electron chi connectivity index (χ1n) is 10.0. The lowest BCUT2D eigenvalue weighted by Crippen LogP contribution is -2.05. The molecule has 0 aliphatic carbocycles. The van der Waals surface area contributed by atoms with Crippen molar-refractivity contribution < 1.29 is 19.0 Å². The van der Waals surface area contributed by atoms with Crippen molar-refractivity contribution >= 4 is 68.1 Å². The minimum atomic E-state index is -0.496. The minimum absolute atomic E-state index is 0.223. The molecule has 1 aliphatic heterocycles. The van der Waals surface area contributed by atoms with Crippen LogP contribution in [0.15, 0.2) is 75.8 Å². The number of hydrogen-bond donors (Lipinski definition) is 0. The highest BCUT2D eigenvalue weighted by Gasteiger charge is 2.24. The molecule has 0 saturated heterocycles. The molecule has 0 fully saturated rings. The highest BCUT2D eigenvalue weighted by atomic mass is 127. The second-order valence-electron chi connectivity index (χ2n) is 7.02. The maximum Gasteiger partial charge on any atom is 0.363 e. The molecule has 0 atom stereocenters. The normalized spacial score (nSPS) is 14.2. The van der Waals surface area contributed by atoms with Gasteiger partial charge in [-0.25, -0.2) is 9.79 Å². The average molecular weight is 639 g/mol. The fourth-order valence-corrected chi connectivity index (χ4v) is 4.26. The van der Waals surface area contributed by atoms with Crippen molar-refractivity contribution in [2.24, 2.45) is 4.99 Å². The van der Waals surface area contributed by atoms with Gasteiger partial charge in [0.25, 0.3) is 0 Å². The van der Waals surface area contributed by atoms with Crippen LogP contribution in [0.25, 0.3) is 6.08 Å². The Morgan fingerprint density at radius 3 is 2.52 bits per heavy atom. The lowest BCUT2D eigenvalue weighted by molar-refractivity contribution is -0.129. The van der Waals surface area contributed by atoms with Gasteiger partial charge >= 0.3 is 5.97 Å². The van der Waals surface area contributed by atoms with E-state index in [0.717, 1.165) is 24.7 Å². The molecule has 0 unspecified atom stereocenters. The van der Waals surface area contributed by atoms with Gasteiger partial charge < -0.3 is 14.2 Å². The van der Waals surface area contributed by atoms with Crippen molar-refractivity contribution in [3.05, 3.63) is 96.1 Å². The quantitative estimate of drug-likeness (QED) is 0.159. The third-order valence-electron chi connectivity index (χ3n) is 4.64. The van der Waals surface area contributed by atoms with Crippen molar-refractivity contribution in [2.75, 3.05) is 6.61 Å². The zero-order valence-corrected chi connectivity index (χ0v) is 22.0. The summed E-state index contributed by atoms with van der Waals surface area (Å²) in [6.07, 6.45) is 1.68. The molecule has 3 aromatic carbocycles. The first-order valence-corrected chi connectivity index (χ1v) is 12.3. The maximum absolute atomic E-state index is 12.4. The molecule has 168 valence electrons. The standard InChI is InChI=1S/C25H18BrClINO4/c1-2-31-22-13-16(11-20(28)23(22)32-14-15-3-9-19(27)10-4-15)12-21-25(30)33-24(29-21)17-5-7-18(26)8-6-17/h3-13H,2,14H2,1H3/b21-12-. The van der Waals surface area contributed by atoms with E-state index >= 15 is 0 Å². The molecule has 1 heterocycles. The zero-order chi connectivity index (χ0) is 23.4. The summed E-state index contributed by atoms with van der Waals surface area (Å²) >= 11 is 11.5. The molecule has 0 bridgehead atoms. The molecule has 1 aliphatic rings. The monoisotopic (exact) mass is 637 g/mol. The van der Waals surface area contributed by atoms with Gasteiger partial charge in [0.1, 0.15) is 6.61 Å². The number of aliphatic imine (C=N–C) groups is 1. The Bertz CT molecular complexity index is 1240. The van der Waals surface area contributed by atoms with Crippen LogP contribution in [0.2, 0.25) is 5.02 Å². The summed E-state index contributed by atoms with van der Waals surface area (Å²) in [5.41, 5.74) is 2.70. The Morgan fingerprint density at radius 2 is 1.82 bits per heavy atom. The van der Waals surface area contributed by atoms with Crippen molar-refractivity contribution in [3.63, 3.8) is 0 Å². The lowest BCUT2D eigenvalue weighted by atomic mass is 10.1. The number of benzene rings is 3. The Balaban J connectivity index is 1.60. The molecule has 4 rings (SSSR count). The van der Waals surface area contributed by atoms with Crippen LogP contribution < -0.4 is 9.47 Å². The maximum atomic E-state index is 12.4. The van der Waals surface area contributed by atoms with Crippen LogP contribution in [0.3, 0.4) is 0 Å². The number of carbonyl (C=O) groups excluding carboxylic acids is 1.